The maximum absolute atomic E-state index is 3.52. The number of benzene rings is 1. The Morgan fingerprint density at radius 2 is 2.22 bits per heavy atom. The molecule has 1 aromatic carbocycles. The molecule has 2 nitrogen and oxygen atoms in total. The summed E-state index contributed by atoms with van der Waals surface area (Å²) in [6.07, 6.45) is 0. The van der Waals surface area contributed by atoms with Crippen molar-refractivity contribution in [1.29, 1.82) is 0 Å². The highest BCUT2D eigenvalue weighted by Gasteiger charge is 2.22. The number of rotatable bonds is 4. The van der Waals surface area contributed by atoms with Crippen molar-refractivity contribution in [2.24, 2.45) is 0 Å². The van der Waals surface area contributed by atoms with Gasteiger partial charge in [-0.3, -0.25) is 0 Å². The monoisotopic (exact) mass is 264 g/mol. The van der Waals surface area contributed by atoms with Crippen molar-refractivity contribution in [1.82, 2.24) is 5.32 Å². The van der Waals surface area contributed by atoms with Gasteiger partial charge >= 0.3 is 0 Å². The van der Waals surface area contributed by atoms with Crippen LogP contribution in [0, 0.1) is 0 Å². The van der Waals surface area contributed by atoms with Crippen molar-refractivity contribution in [3.63, 3.8) is 0 Å². The number of hydrogen-bond acceptors (Lipinski definition) is 3. The van der Waals surface area contributed by atoms with Gasteiger partial charge in [0.05, 0.1) is 0 Å². The van der Waals surface area contributed by atoms with Gasteiger partial charge in [-0.25, -0.2) is 0 Å². The van der Waals surface area contributed by atoms with E-state index in [0.717, 1.165) is 6.54 Å². The third kappa shape index (κ3) is 3.01. The van der Waals surface area contributed by atoms with E-state index in [9.17, 15) is 0 Å². The maximum atomic E-state index is 3.52. The molecule has 0 aliphatic carbocycles. The first-order chi connectivity index (χ1) is 8.74. The molecule has 0 radical (unpaired) electrons. The number of thioether (sulfide) groups is 1. The van der Waals surface area contributed by atoms with Gasteiger partial charge in [0.15, 0.2) is 0 Å². The molecule has 0 bridgehead atoms. The summed E-state index contributed by atoms with van der Waals surface area (Å²) in [6.45, 7) is 8.94. The summed E-state index contributed by atoms with van der Waals surface area (Å²) in [5.74, 6) is 2.48. The van der Waals surface area contributed by atoms with Crippen LogP contribution in [0.1, 0.15) is 32.4 Å². The highest BCUT2D eigenvalue weighted by molar-refractivity contribution is 7.99. The van der Waals surface area contributed by atoms with E-state index in [2.05, 4.69) is 67.0 Å². The molecule has 3 heteroatoms. The molecular weight excluding hydrogens is 240 g/mol. The van der Waals surface area contributed by atoms with E-state index in [1.165, 1.54) is 29.3 Å². The second-order valence-corrected chi connectivity index (χ2v) is 6.11. The lowest BCUT2D eigenvalue weighted by molar-refractivity contribution is 0.591. The van der Waals surface area contributed by atoms with Gasteiger partial charge < -0.3 is 10.2 Å². The Balaban J connectivity index is 2.25. The Morgan fingerprint density at radius 1 is 1.44 bits per heavy atom. The largest absolute Gasteiger partial charge is 0.367 e. The molecule has 1 aromatic rings. The van der Waals surface area contributed by atoms with Gasteiger partial charge in [-0.15, -0.1) is 0 Å². The highest BCUT2D eigenvalue weighted by Crippen LogP contribution is 2.30. The molecule has 2 rings (SSSR count). The Morgan fingerprint density at radius 3 is 2.94 bits per heavy atom. The summed E-state index contributed by atoms with van der Waals surface area (Å²) < 4.78 is 0. The quantitative estimate of drug-likeness (QED) is 0.898. The highest BCUT2D eigenvalue weighted by atomic mass is 32.2. The summed E-state index contributed by atoms with van der Waals surface area (Å²) in [6, 6.07) is 9.90. The molecule has 1 heterocycles. The molecule has 0 aromatic heterocycles. The number of hydrogen-bond donors (Lipinski definition) is 1. The van der Waals surface area contributed by atoms with Crippen molar-refractivity contribution in [2.75, 3.05) is 29.5 Å². The molecule has 1 saturated heterocycles. The van der Waals surface area contributed by atoms with E-state index in [0.29, 0.717) is 12.1 Å². The van der Waals surface area contributed by atoms with E-state index < -0.39 is 0 Å². The lowest BCUT2D eigenvalue weighted by atomic mass is 10.0. The van der Waals surface area contributed by atoms with Crippen molar-refractivity contribution in [2.45, 2.75) is 32.9 Å². The van der Waals surface area contributed by atoms with Gasteiger partial charge in [0.1, 0.15) is 0 Å². The van der Waals surface area contributed by atoms with Crippen LogP contribution in [-0.2, 0) is 0 Å². The zero-order valence-electron chi connectivity index (χ0n) is 11.6. The van der Waals surface area contributed by atoms with Crippen LogP contribution >= 0.6 is 11.8 Å². The summed E-state index contributed by atoms with van der Waals surface area (Å²) in [5.41, 5.74) is 2.84. The summed E-state index contributed by atoms with van der Waals surface area (Å²) in [5, 5.41) is 3.52. The van der Waals surface area contributed by atoms with E-state index >= 15 is 0 Å². The summed E-state index contributed by atoms with van der Waals surface area (Å²) in [7, 11) is 0. The normalized spacial score (nSPS) is 21.9. The van der Waals surface area contributed by atoms with E-state index in [-0.39, 0.29) is 0 Å². The van der Waals surface area contributed by atoms with E-state index in [4.69, 9.17) is 0 Å². The maximum Gasteiger partial charge on any atom is 0.0417 e. The molecule has 100 valence electrons. The topological polar surface area (TPSA) is 15.3 Å². The second-order valence-electron chi connectivity index (χ2n) is 4.96. The number of nitrogens with zero attached hydrogens (tertiary/aromatic N) is 1. The summed E-state index contributed by atoms with van der Waals surface area (Å²) >= 11 is 2.07. The first-order valence-electron chi connectivity index (χ1n) is 6.90. The van der Waals surface area contributed by atoms with Crippen molar-refractivity contribution < 1.29 is 0 Å². The molecule has 2 atom stereocenters. The fourth-order valence-corrected chi connectivity index (χ4v) is 3.63. The zero-order valence-corrected chi connectivity index (χ0v) is 12.5. The third-order valence-electron chi connectivity index (χ3n) is 3.59. The Hall–Kier alpha value is -0.670. The predicted molar refractivity (Wildman–Crippen MR) is 82.7 cm³/mol. The molecule has 18 heavy (non-hydrogen) atoms. The van der Waals surface area contributed by atoms with E-state index in [1.807, 2.05) is 0 Å². The minimum Gasteiger partial charge on any atom is -0.367 e. The number of anilines is 1. The van der Waals surface area contributed by atoms with Gasteiger partial charge in [-0.05, 0) is 32.0 Å². The van der Waals surface area contributed by atoms with Gasteiger partial charge in [0.2, 0.25) is 0 Å². The molecule has 0 amide bonds. The SMILES string of the molecule is CCNC(C)c1ccccc1N1CCSCC1C. The molecule has 0 saturated carbocycles. The van der Waals surface area contributed by atoms with Crippen LogP contribution in [0.4, 0.5) is 5.69 Å². The zero-order chi connectivity index (χ0) is 13.0. The van der Waals surface area contributed by atoms with Crippen molar-refractivity contribution in [3.8, 4) is 0 Å². The lowest BCUT2D eigenvalue weighted by Gasteiger charge is -2.37. The third-order valence-corrected chi connectivity index (χ3v) is 4.78. The summed E-state index contributed by atoms with van der Waals surface area (Å²) in [4.78, 5) is 2.57. The molecule has 0 spiro atoms. The Labute approximate surface area is 115 Å². The van der Waals surface area contributed by atoms with Crippen LogP contribution in [0.5, 0.6) is 0 Å². The van der Waals surface area contributed by atoms with Crippen LogP contribution in [0.2, 0.25) is 0 Å². The van der Waals surface area contributed by atoms with Crippen LogP contribution in [-0.4, -0.2) is 30.6 Å². The Bertz CT molecular complexity index is 381. The smallest absolute Gasteiger partial charge is 0.0417 e. The van der Waals surface area contributed by atoms with Crippen LogP contribution < -0.4 is 10.2 Å². The Kier molecular flexibility index (Phi) is 4.95. The molecule has 2 unspecified atom stereocenters. The van der Waals surface area contributed by atoms with Gasteiger partial charge in [0, 0.05) is 35.8 Å². The lowest BCUT2D eigenvalue weighted by Crippen LogP contribution is -2.41. The van der Waals surface area contributed by atoms with Crippen molar-refractivity contribution in [3.05, 3.63) is 29.8 Å². The van der Waals surface area contributed by atoms with Crippen molar-refractivity contribution >= 4 is 17.4 Å². The van der Waals surface area contributed by atoms with Gasteiger partial charge in [0.25, 0.3) is 0 Å². The van der Waals surface area contributed by atoms with Crippen LogP contribution in [0.3, 0.4) is 0 Å². The molecule has 1 aliphatic heterocycles. The molecule has 1 fully saturated rings. The fourth-order valence-electron chi connectivity index (χ4n) is 2.62. The first-order valence-corrected chi connectivity index (χ1v) is 8.06. The standard InChI is InChI=1S/C15H24N2S/c1-4-16-13(3)14-7-5-6-8-15(14)17-9-10-18-11-12(17)2/h5-8,12-13,16H,4,9-11H2,1-3H3. The van der Waals surface area contributed by atoms with Gasteiger partial charge in [-0.2, -0.15) is 11.8 Å². The molecule has 1 aliphatic rings. The minimum atomic E-state index is 0.424. The molecular formula is C15H24N2S. The van der Waals surface area contributed by atoms with E-state index in [1.54, 1.807) is 0 Å². The molecule has 1 N–H and O–H groups in total. The first kappa shape index (κ1) is 13.8. The van der Waals surface area contributed by atoms with Crippen LogP contribution in [0.25, 0.3) is 0 Å². The fraction of sp³-hybridized carbons (Fsp3) is 0.600. The number of para-hydroxylation sites is 1. The average molecular weight is 264 g/mol. The van der Waals surface area contributed by atoms with Gasteiger partial charge in [-0.1, -0.05) is 25.1 Å². The predicted octanol–water partition coefficient (Wildman–Crippen LogP) is 3.30. The average Bonchev–Trinajstić information content (AvgIpc) is 2.40. The minimum absolute atomic E-state index is 0.424. The second kappa shape index (κ2) is 6.48. The van der Waals surface area contributed by atoms with Crippen LogP contribution in [0.15, 0.2) is 24.3 Å². The number of nitrogens with one attached hydrogen (secondary N) is 1.